The van der Waals surface area contributed by atoms with E-state index in [1.54, 1.807) is 42.5 Å². The number of hydrogen-bond acceptors (Lipinski definition) is 8. The van der Waals surface area contributed by atoms with Crippen LogP contribution < -0.4 is 26.6 Å². The maximum atomic E-state index is 13.2. The highest BCUT2D eigenvalue weighted by molar-refractivity contribution is 5.90. The largest absolute Gasteiger partial charge is 0.481 e. The van der Waals surface area contributed by atoms with Crippen molar-refractivity contribution in [3.63, 3.8) is 0 Å². The number of amides is 5. The van der Waals surface area contributed by atoms with Crippen LogP contribution in [0.15, 0.2) is 54.6 Å². The second-order valence-electron chi connectivity index (χ2n) is 11.4. The van der Waals surface area contributed by atoms with Crippen molar-refractivity contribution >= 4 is 41.7 Å². The molecule has 16 nitrogen and oxygen atoms in total. The van der Waals surface area contributed by atoms with Crippen LogP contribution in [0.5, 0.6) is 0 Å². The molecule has 272 valence electrons. The molecule has 8 N–H and O–H groups in total. The Labute approximate surface area is 289 Å². The number of carboxylic acid groups (broad SMARTS) is 3. The summed E-state index contributed by atoms with van der Waals surface area (Å²) in [6, 6.07) is 11.8. The van der Waals surface area contributed by atoms with E-state index in [4.69, 9.17) is 9.84 Å². The molecule has 3 atom stereocenters. The van der Waals surface area contributed by atoms with Crippen LogP contribution in [0.25, 0.3) is 0 Å². The van der Waals surface area contributed by atoms with Crippen molar-refractivity contribution in [1.82, 2.24) is 26.6 Å². The fourth-order valence-corrected chi connectivity index (χ4v) is 4.56. The first-order chi connectivity index (χ1) is 23.8. The van der Waals surface area contributed by atoms with E-state index in [1.165, 1.54) is 0 Å². The van der Waals surface area contributed by atoms with E-state index in [2.05, 4.69) is 26.6 Å². The summed E-state index contributed by atoms with van der Waals surface area (Å²) in [5.74, 6) is -5.22. The molecular weight excluding hydrogens is 654 g/mol. The fourth-order valence-electron chi connectivity index (χ4n) is 4.56. The van der Waals surface area contributed by atoms with Crippen molar-refractivity contribution in [2.45, 2.75) is 70.0 Å². The lowest BCUT2D eigenvalue weighted by Gasteiger charge is -2.22. The lowest BCUT2D eigenvalue weighted by Crippen LogP contribution is -2.53. The summed E-state index contributed by atoms with van der Waals surface area (Å²) >= 11 is 0. The van der Waals surface area contributed by atoms with Crippen LogP contribution in [0, 0.1) is 6.92 Å². The summed E-state index contributed by atoms with van der Waals surface area (Å²) in [6.07, 6.45) is -0.325. The smallest absolute Gasteiger partial charge is 0.326 e. The van der Waals surface area contributed by atoms with E-state index in [0.717, 1.165) is 16.7 Å². The van der Waals surface area contributed by atoms with Gasteiger partial charge in [-0.05, 0) is 30.9 Å². The van der Waals surface area contributed by atoms with Gasteiger partial charge < -0.3 is 46.6 Å². The number of rotatable bonds is 23. The highest BCUT2D eigenvalue weighted by atomic mass is 16.5. The zero-order valence-electron chi connectivity index (χ0n) is 27.8. The number of nitrogens with one attached hydrogen (secondary N) is 5. The van der Waals surface area contributed by atoms with E-state index >= 15 is 0 Å². The van der Waals surface area contributed by atoms with Gasteiger partial charge in [-0.1, -0.05) is 60.2 Å². The van der Waals surface area contributed by atoms with Crippen LogP contribution in [-0.4, -0.2) is 101 Å². The van der Waals surface area contributed by atoms with Gasteiger partial charge in [-0.2, -0.15) is 0 Å². The molecule has 0 aromatic heterocycles. The molecule has 2 aromatic carbocycles. The molecule has 0 aliphatic rings. The number of aliphatic carboxylic acids is 3. The van der Waals surface area contributed by atoms with Gasteiger partial charge >= 0.3 is 23.9 Å². The lowest BCUT2D eigenvalue weighted by atomic mass is 10.0. The lowest BCUT2D eigenvalue weighted by molar-refractivity contribution is -0.142. The van der Waals surface area contributed by atoms with Gasteiger partial charge in [0.2, 0.25) is 17.7 Å². The fraction of sp³-hybridized carbons (Fsp3) is 0.441. The number of aryl methyl sites for hydroxylation is 1. The Balaban J connectivity index is 1.77. The van der Waals surface area contributed by atoms with Crippen LogP contribution >= 0.6 is 0 Å². The van der Waals surface area contributed by atoms with E-state index in [1.807, 2.05) is 19.1 Å². The van der Waals surface area contributed by atoms with Crippen molar-refractivity contribution in [2.24, 2.45) is 0 Å². The summed E-state index contributed by atoms with van der Waals surface area (Å²) in [5, 5.41) is 40.0. The first kappa shape index (κ1) is 40.7. The number of carboxylic acids is 3. The summed E-state index contributed by atoms with van der Waals surface area (Å²) in [5.41, 5.74) is 2.50. The summed E-state index contributed by atoms with van der Waals surface area (Å²) < 4.78 is 5.41. The molecule has 0 bridgehead atoms. The minimum Gasteiger partial charge on any atom is -0.481 e. The zero-order valence-corrected chi connectivity index (χ0v) is 27.8. The summed E-state index contributed by atoms with van der Waals surface area (Å²) in [6.45, 7) is 2.00. The minimum absolute atomic E-state index is 0.0333. The van der Waals surface area contributed by atoms with Gasteiger partial charge in [0.05, 0.1) is 13.2 Å². The van der Waals surface area contributed by atoms with Crippen molar-refractivity contribution < 1.29 is 53.6 Å². The van der Waals surface area contributed by atoms with Gasteiger partial charge in [0.15, 0.2) is 0 Å². The maximum absolute atomic E-state index is 13.2. The molecule has 0 fully saturated rings. The van der Waals surface area contributed by atoms with Crippen molar-refractivity contribution in [1.29, 1.82) is 0 Å². The van der Waals surface area contributed by atoms with E-state index < -0.39 is 59.8 Å². The molecule has 50 heavy (non-hydrogen) atoms. The standard InChI is InChI=1S/C34H45N5O11/c1-22-9-11-24(12-10-22)21-27(33(47)48)38-31(44)26(20-23-6-3-2-4-7-23)37-29(41)15-18-50-19-17-35-28(40)14-13-25(32(45)46)39-34(49)36-16-5-8-30(42)43/h2-4,6-7,9-12,25-27H,5,8,13-21H2,1H3,(H,35,40)(H,37,41)(H,38,44)(H,42,43)(H,45,46)(H,47,48)(H2,36,39,49)/t25-,26-,27-/m0/s1. The second-order valence-corrected chi connectivity index (χ2v) is 11.4. The third-order valence-corrected chi connectivity index (χ3v) is 7.27. The molecule has 0 aliphatic heterocycles. The van der Waals surface area contributed by atoms with Gasteiger partial charge in [0, 0.05) is 45.2 Å². The van der Waals surface area contributed by atoms with E-state index in [0.29, 0.717) is 0 Å². The molecule has 2 aromatic rings. The van der Waals surface area contributed by atoms with Crippen LogP contribution in [-0.2, 0) is 46.3 Å². The average Bonchev–Trinajstić information content (AvgIpc) is 3.07. The quantitative estimate of drug-likeness (QED) is 0.0752. The van der Waals surface area contributed by atoms with Gasteiger partial charge in [-0.15, -0.1) is 0 Å². The molecular formula is C34H45N5O11. The monoisotopic (exact) mass is 699 g/mol. The van der Waals surface area contributed by atoms with Crippen molar-refractivity contribution in [3.8, 4) is 0 Å². The molecule has 0 aliphatic carbocycles. The number of hydrogen-bond donors (Lipinski definition) is 8. The predicted octanol–water partition coefficient (Wildman–Crippen LogP) is 0.755. The van der Waals surface area contributed by atoms with Gasteiger partial charge in [-0.3, -0.25) is 19.2 Å². The molecule has 0 radical (unpaired) electrons. The highest BCUT2D eigenvalue weighted by Crippen LogP contribution is 2.09. The Kier molecular flexibility index (Phi) is 18.0. The summed E-state index contributed by atoms with van der Waals surface area (Å²) in [7, 11) is 0. The molecule has 0 unspecified atom stereocenters. The Hall–Kier alpha value is -5.51. The Bertz CT molecular complexity index is 1440. The van der Waals surface area contributed by atoms with Gasteiger partial charge in [0.1, 0.15) is 18.1 Å². The Morgan fingerprint density at radius 3 is 1.92 bits per heavy atom. The Morgan fingerprint density at radius 2 is 1.28 bits per heavy atom. The predicted molar refractivity (Wildman–Crippen MR) is 179 cm³/mol. The number of urea groups is 1. The Morgan fingerprint density at radius 1 is 0.640 bits per heavy atom. The van der Waals surface area contributed by atoms with Gasteiger partial charge in [0.25, 0.3) is 0 Å². The van der Waals surface area contributed by atoms with E-state index in [9.17, 15) is 43.8 Å². The number of carbonyl (C=O) groups is 7. The first-order valence-corrected chi connectivity index (χ1v) is 16.1. The molecule has 0 saturated carbocycles. The molecule has 0 heterocycles. The normalized spacial score (nSPS) is 12.4. The minimum atomic E-state index is -1.34. The van der Waals surface area contributed by atoms with Crippen LogP contribution in [0.4, 0.5) is 4.79 Å². The second kappa shape index (κ2) is 22.2. The van der Waals surface area contributed by atoms with Crippen LogP contribution in [0.1, 0.15) is 48.8 Å². The highest BCUT2D eigenvalue weighted by Gasteiger charge is 2.27. The molecule has 0 saturated heterocycles. The van der Waals surface area contributed by atoms with Gasteiger partial charge in [-0.25, -0.2) is 14.4 Å². The number of ether oxygens (including phenoxy) is 1. The molecule has 5 amide bonds. The third-order valence-electron chi connectivity index (χ3n) is 7.27. The maximum Gasteiger partial charge on any atom is 0.326 e. The van der Waals surface area contributed by atoms with Crippen LogP contribution in [0.2, 0.25) is 0 Å². The van der Waals surface area contributed by atoms with Crippen molar-refractivity contribution in [3.05, 3.63) is 71.3 Å². The van der Waals surface area contributed by atoms with Crippen molar-refractivity contribution in [2.75, 3.05) is 26.3 Å². The molecule has 0 spiro atoms. The topological polar surface area (TPSA) is 250 Å². The first-order valence-electron chi connectivity index (χ1n) is 16.1. The number of carbonyl (C=O) groups excluding carboxylic acids is 4. The third kappa shape index (κ3) is 17.1. The molecule has 2 rings (SSSR count). The van der Waals surface area contributed by atoms with E-state index in [-0.39, 0.29) is 71.2 Å². The average molecular weight is 700 g/mol. The summed E-state index contributed by atoms with van der Waals surface area (Å²) in [4.78, 5) is 83.9. The SMILES string of the molecule is Cc1ccc(C[C@H](NC(=O)[C@H](Cc2ccccc2)NC(=O)CCOCCNC(=O)CC[C@H](NC(=O)NCCCC(=O)O)C(=O)O)C(=O)O)cc1. The number of benzene rings is 2. The van der Waals surface area contributed by atoms with Crippen LogP contribution in [0.3, 0.4) is 0 Å². The zero-order chi connectivity index (χ0) is 36.9. The molecule has 16 heteroatoms.